The van der Waals surface area contributed by atoms with Crippen molar-refractivity contribution < 1.29 is 0 Å². The number of hydrogen-bond acceptors (Lipinski definition) is 2. The van der Waals surface area contributed by atoms with Crippen LogP contribution in [0.1, 0.15) is 36.1 Å². The summed E-state index contributed by atoms with van der Waals surface area (Å²) in [6, 6.07) is 24.9. The van der Waals surface area contributed by atoms with Crippen molar-refractivity contribution in [1.29, 1.82) is 5.26 Å². The third kappa shape index (κ3) is 4.04. The Balaban J connectivity index is 1.53. The molecule has 148 valence electrons. The molecule has 1 heterocycles. The Kier molecular flexibility index (Phi) is 5.77. The van der Waals surface area contributed by atoms with E-state index in [1.165, 1.54) is 22.0 Å². The molecule has 0 bridgehead atoms. The molecule has 3 aromatic carbocycles. The molecule has 0 atom stereocenters. The van der Waals surface area contributed by atoms with Crippen LogP contribution >= 0.6 is 0 Å². The van der Waals surface area contributed by atoms with Gasteiger partial charge in [0.25, 0.3) is 0 Å². The van der Waals surface area contributed by atoms with Crippen LogP contribution < -0.4 is 0 Å². The Labute approximate surface area is 177 Å². The van der Waals surface area contributed by atoms with Crippen molar-refractivity contribution in [2.75, 3.05) is 6.54 Å². The molecule has 0 saturated carbocycles. The van der Waals surface area contributed by atoms with Gasteiger partial charge < -0.3 is 4.98 Å². The molecule has 0 aliphatic carbocycles. The Morgan fingerprint density at radius 3 is 2.73 bits per heavy atom. The molecule has 0 spiro atoms. The van der Waals surface area contributed by atoms with Crippen LogP contribution in [0.25, 0.3) is 22.0 Å². The molecule has 1 aromatic heterocycles. The Morgan fingerprint density at radius 2 is 1.90 bits per heavy atom. The molecule has 0 unspecified atom stereocenters. The van der Waals surface area contributed by atoms with Gasteiger partial charge in [-0.25, -0.2) is 0 Å². The molecule has 30 heavy (non-hydrogen) atoms. The first kappa shape index (κ1) is 19.7. The first-order chi connectivity index (χ1) is 14.7. The summed E-state index contributed by atoms with van der Waals surface area (Å²) in [6.45, 7) is 4.98. The Bertz CT molecular complexity index is 1250. The quantitative estimate of drug-likeness (QED) is 0.384. The second-order valence-electron chi connectivity index (χ2n) is 7.50. The highest BCUT2D eigenvalue weighted by Crippen LogP contribution is 2.24. The second kappa shape index (κ2) is 8.80. The number of H-pyrrole nitrogens is 1. The number of benzene rings is 3. The second-order valence-corrected chi connectivity index (χ2v) is 7.50. The molecular formula is C27H25N3. The van der Waals surface area contributed by atoms with E-state index in [0.29, 0.717) is 5.56 Å². The number of aliphatic imine (C=N–C) groups is 1. The zero-order chi connectivity index (χ0) is 20.9. The van der Waals surface area contributed by atoms with Crippen LogP contribution in [-0.4, -0.2) is 17.2 Å². The van der Waals surface area contributed by atoms with E-state index in [9.17, 15) is 5.26 Å². The van der Waals surface area contributed by atoms with Gasteiger partial charge >= 0.3 is 0 Å². The molecule has 0 aliphatic rings. The Morgan fingerprint density at radius 1 is 1.03 bits per heavy atom. The van der Waals surface area contributed by atoms with Gasteiger partial charge in [-0.05, 0) is 71.8 Å². The maximum atomic E-state index is 9.40. The molecule has 4 aromatic rings. The van der Waals surface area contributed by atoms with Crippen molar-refractivity contribution in [3.05, 3.63) is 95.2 Å². The smallest absolute Gasteiger partial charge is 0.0998 e. The van der Waals surface area contributed by atoms with Gasteiger partial charge in [0.15, 0.2) is 0 Å². The average Bonchev–Trinajstić information content (AvgIpc) is 3.21. The van der Waals surface area contributed by atoms with Gasteiger partial charge in [-0.2, -0.15) is 5.26 Å². The largest absolute Gasteiger partial charge is 0.361 e. The van der Waals surface area contributed by atoms with Crippen LogP contribution in [0.2, 0.25) is 0 Å². The van der Waals surface area contributed by atoms with Gasteiger partial charge in [0.2, 0.25) is 0 Å². The van der Waals surface area contributed by atoms with E-state index in [2.05, 4.69) is 61.4 Å². The number of aryl methyl sites for hydroxylation is 1. The standard InChI is InChI=1S/C27H25N3/c1-3-20-11-12-27-26(15-20)24(18-30-27)13-14-29-19(2)21-8-6-9-22(16-21)25-10-5-4-7-23(25)17-28/h4-12,15-16,18,30H,3,13-14H2,1-2H3. The summed E-state index contributed by atoms with van der Waals surface area (Å²) in [5.41, 5.74) is 8.66. The maximum Gasteiger partial charge on any atom is 0.0998 e. The molecule has 0 radical (unpaired) electrons. The van der Waals surface area contributed by atoms with Crippen LogP contribution in [0.15, 0.2) is 77.9 Å². The number of nitriles is 1. The van der Waals surface area contributed by atoms with Gasteiger partial charge in [0.05, 0.1) is 11.6 Å². The molecular weight excluding hydrogens is 366 g/mol. The van der Waals surface area contributed by atoms with E-state index in [0.717, 1.165) is 41.8 Å². The lowest BCUT2D eigenvalue weighted by atomic mass is 9.97. The first-order valence-electron chi connectivity index (χ1n) is 10.4. The molecule has 0 saturated heterocycles. The number of nitrogens with one attached hydrogen (secondary N) is 1. The summed E-state index contributed by atoms with van der Waals surface area (Å²) in [5, 5.41) is 10.7. The topological polar surface area (TPSA) is 51.9 Å². The van der Waals surface area contributed by atoms with Gasteiger partial charge in [-0.1, -0.05) is 49.4 Å². The van der Waals surface area contributed by atoms with Gasteiger partial charge in [0.1, 0.15) is 0 Å². The normalized spacial score (nSPS) is 11.6. The monoisotopic (exact) mass is 391 g/mol. The lowest BCUT2D eigenvalue weighted by Crippen LogP contribution is -1.99. The van der Waals surface area contributed by atoms with Gasteiger partial charge in [-0.15, -0.1) is 0 Å². The summed E-state index contributed by atoms with van der Waals surface area (Å²) in [4.78, 5) is 8.20. The highest BCUT2D eigenvalue weighted by Gasteiger charge is 2.07. The number of aromatic nitrogens is 1. The number of nitrogens with zero attached hydrogens (tertiary/aromatic N) is 2. The van der Waals surface area contributed by atoms with Crippen molar-refractivity contribution in [2.45, 2.75) is 26.7 Å². The summed E-state index contributed by atoms with van der Waals surface area (Å²) in [6.07, 6.45) is 4.05. The minimum absolute atomic E-state index is 0.690. The molecule has 0 amide bonds. The molecule has 4 rings (SSSR count). The number of hydrogen-bond donors (Lipinski definition) is 1. The molecule has 0 fully saturated rings. The van der Waals surface area contributed by atoms with Crippen molar-refractivity contribution in [3.63, 3.8) is 0 Å². The van der Waals surface area contributed by atoms with E-state index in [4.69, 9.17) is 4.99 Å². The van der Waals surface area contributed by atoms with Crippen LogP contribution in [-0.2, 0) is 12.8 Å². The molecule has 1 N–H and O–H groups in total. The predicted octanol–water partition coefficient (Wildman–Crippen LogP) is 6.32. The summed E-state index contributed by atoms with van der Waals surface area (Å²) in [5.74, 6) is 0. The summed E-state index contributed by atoms with van der Waals surface area (Å²) >= 11 is 0. The van der Waals surface area contributed by atoms with E-state index in [-0.39, 0.29) is 0 Å². The van der Waals surface area contributed by atoms with Crippen molar-refractivity contribution in [2.24, 2.45) is 4.99 Å². The van der Waals surface area contributed by atoms with Crippen molar-refractivity contribution in [1.82, 2.24) is 4.98 Å². The van der Waals surface area contributed by atoms with Crippen molar-refractivity contribution in [3.8, 4) is 17.2 Å². The van der Waals surface area contributed by atoms with Crippen LogP contribution in [0.3, 0.4) is 0 Å². The number of fused-ring (bicyclic) bond motifs is 1. The van der Waals surface area contributed by atoms with Crippen molar-refractivity contribution >= 4 is 16.6 Å². The van der Waals surface area contributed by atoms with Crippen LogP contribution in [0.5, 0.6) is 0 Å². The van der Waals surface area contributed by atoms with Crippen LogP contribution in [0, 0.1) is 11.3 Å². The van der Waals surface area contributed by atoms with E-state index >= 15 is 0 Å². The third-order valence-electron chi connectivity index (χ3n) is 5.61. The van der Waals surface area contributed by atoms with Crippen LogP contribution in [0.4, 0.5) is 0 Å². The van der Waals surface area contributed by atoms with Gasteiger partial charge in [-0.3, -0.25) is 4.99 Å². The average molecular weight is 392 g/mol. The van der Waals surface area contributed by atoms with E-state index in [1.807, 2.05) is 36.4 Å². The zero-order valence-corrected chi connectivity index (χ0v) is 17.4. The minimum Gasteiger partial charge on any atom is -0.361 e. The maximum absolute atomic E-state index is 9.40. The first-order valence-corrected chi connectivity index (χ1v) is 10.4. The highest BCUT2D eigenvalue weighted by molar-refractivity contribution is 5.99. The van der Waals surface area contributed by atoms with Gasteiger partial charge in [0, 0.05) is 29.4 Å². The lowest BCUT2D eigenvalue weighted by molar-refractivity contribution is 0.974. The fraction of sp³-hybridized carbons (Fsp3) is 0.185. The fourth-order valence-electron chi connectivity index (χ4n) is 3.83. The third-order valence-corrected chi connectivity index (χ3v) is 5.61. The summed E-state index contributed by atoms with van der Waals surface area (Å²) in [7, 11) is 0. The molecule has 3 nitrogen and oxygen atoms in total. The zero-order valence-electron chi connectivity index (χ0n) is 17.4. The fourth-order valence-corrected chi connectivity index (χ4v) is 3.83. The summed E-state index contributed by atoms with van der Waals surface area (Å²) < 4.78 is 0. The molecule has 0 aliphatic heterocycles. The van der Waals surface area contributed by atoms with E-state index in [1.54, 1.807) is 0 Å². The molecule has 3 heteroatoms. The predicted molar refractivity (Wildman–Crippen MR) is 125 cm³/mol. The van der Waals surface area contributed by atoms with E-state index < -0.39 is 0 Å². The highest BCUT2D eigenvalue weighted by atomic mass is 14.7. The minimum atomic E-state index is 0.690. The Hall–Kier alpha value is -3.64. The number of aromatic amines is 1. The SMILES string of the molecule is CCc1ccc2[nH]cc(CCN=C(C)c3cccc(-c4ccccc4C#N)c3)c2c1. The number of rotatable bonds is 6. The lowest BCUT2D eigenvalue weighted by Gasteiger charge is -2.07.